The molecule has 1 aliphatic rings. The lowest BCUT2D eigenvalue weighted by Crippen LogP contribution is -2.48. The molecular weight excluding hydrogens is 626 g/mol. The second-order valence-electron chi connectivity index (χ2n) is 13.9. The second kappa shape index (κ2) is 12.3. The van der Waals surface area contributed by atoms with Crippen LogP contribution < -0.4 is 5.32 Å². The van der Waals surface area contributed by atoms with Crippen molar-refractivity contribution < 1.29 is 26.4 Å². The molecule has 0 saturated heterocycles. The summed E-state index contributed by atoms with van der Waals surface area (Å²) in [5.74, 6) is 0.0926. The Balaban J connectivity index is 1.31. The van der Waals surface area contributed by atoms with Crippen LogP contribution in [0.2, 0.25) is 18.1 Å². The van der Waals surface area contributed by atoms with Gasteiger partial charge in [0.15, 0.2) is 19.7 Å². The van der Waals surface area contributed by atoms with E-state index in [9.17, 15) is 17.6 Å². The highest BCUT2D eigenvalue weighted by atomic mass is 28.4. The number of fused-ring (bicyclic) bond motifs is 1. The standard InChI is InChI=1S/C35H39F4N5O2Si/c1-34(2,3)47(5,6)46-30-12-8-11-28(30)40-19-21-15-27(35(37,38)39)31-29(16-21)42-33(45-31)23-10-7-9-22(17-23)25-14-13-24(36)18-26(25)32-43-41-20-44(32)4/h7,9-10,13-18,20,28,30,40H,8,11-12,19H2,1-6H3/t28-,30+/m1/s1. The van der Waals surface area contributed by atoms with Crippen molar-refractivity contribution >= 4 is 19.4 Å². The zero-order valence-corrected chi connectivity index (χ0v) is 28.4. The maximum absolute atomic E-state index is 14.4. The van der Waals surface area contributed by atoms with E-state index in [2.05, 4.69) is 54.4 Å². The Morgan fingerprint density at radius 3 is 2.47 bits per heavy atom. The Morgan fingerprint density at radius 2 is 1.77 bits per heavy atom. The molecule has 3 aromatic carbocycles. The van der Waals surface area contributed by atoms with Gasteiger partial charge in [-0.05, 0) is 90.5 Å². The van der Waals surface area contributed by atoms with Crippen molar-refractivity contribution in [2.75, 3.05) is 0 Å². The molecule has 1 N–H and O–H groups in total. The minimum Gasteiger partial charge on any atom is -0.435 e. The quantitative estimate of drug-likeness (QED) is 0.132. The van der Waals surface area contributed by atoms with E-state index in [1.54, 1.807) is 41.9 Å². The van der Waals surface area contributed by atoms with Gasteiger partial charge in [0.1, 0.15) is 23.2 Å². The molecule has 0 aliphatic heterocycles. The Kier molecular flexibility index (Phi) is 8.64. The minimum absolute atomic E-state index is 0.0305. The van der Waals surface area contributed by atoms with Crippen LogP contribution in [0.5, 0.6) is 0 Å². The fraction of sp³-hybridized carbons (Fsp3) is 0.400. The van der Waals surface area contributed by atoms with Crippen LogP contribution in [0.3, 0.4) is 0 Å². The number of oxazole rings is 1. The van der Waals surface area contributed by atoms with Gasteiger partial charge < -0.3 is 18.7 Å². The number of alkyl halides is 3. The molecule has 12 heteroatoms. The number of halogens is 4. The van der Waals surface area contributed by atoms with Gasteiger partial charge in [0.05, 0.1) is 6.10 Å². The summed E-state index contributed by atoms with van der Waals surface area (Å²) in [6.45, 7) is 11.3. The molecule has 0 unspecified atom stereocenters. The summed E-state index contributed by atoms with van der Waals surface area (Å²) in [5, 5.41) is 11.6. The van der Waals surface area contributed by atoms with E-state index in [1.165, 1.54) is 18.5 Å². The highest BCUT2D eigenvalue weighted by Gasteiger charge is 2.42. The number of aryl methyl sites for hydroxylation is 1. The molecule has 0 spiro atoms. The lowest BCUT2D eigenvalue weighted by Gasteiger charge is -2.40. The smallest absolute Gasteiger partial charge is 0.420 e. The maximum Gasteiger partial charge on any atom is 0.420 e. The molecule has 0 bridgehead atoms. The molecule has 1 saturated carbocycles. The number of rotatable bonds is 8. The van der Waals surface area contributed by atoms with E-state index in [1.807, 2.05) is 6.07 Å². The highest BCUT2D eigenvalue weighted by molar-refractivity contribution is 6.74. The largest absolute Gasteiger partial charge is 0.435 e. The zero-order valence-electron chi connectivity index (χ0n) is 27.4. The van der Waals surface area contributed by atoms with Crippen LogP contribution in [0.4, 0.5) is 17.6 Å². The van der Waals surface area contributed by atoms with Crippen molar-refractivity contribution in [3.05, 3.63) is 77.9 Å². The van der Waals surface area contributed by atoms with Gasteiger partial charge in [0, 0.05) is 30.8 Å². The first-order valence-electron chi connectivity index (χ1n) is 15.8. The topological polar surface area (TPSA) is 78.0 Å². The third-order valence-electron chi connectivity index (χ3n) is 9.48. The summed E-state index contributed by atoms with van der Waals surface area (Å²) in [6.07, 6.45) is -0.245. The lowest BCUT2D eigenvalue weighted by atomic mass is 9.97. The number of nitrogens with one attached hydrogen (secondary N) is 1. The predicted molar refractivity (Wildman–Crippen MR) is 176 cm³/mol. The van der Waals surface area contributed by atoms with Gasteiger partial charge >= 0.3 is 6.18 Å². The van der Waals surface area contributed by atoms with Crippen molar-refractivity contribution in [1.29, 1.82) is 0 Å². The van der Waals surface area contributed by atoms with Gasteiger partial charge in [-0.3, -0.25) is 0 Å². The molecule has 5 aromatic rings. The second-order valence-corrected chi connectivity index (χ2v) is 18.6. The summed E-state index contributed by atoms with van der Waals surface area (Å²) >= 11 is 0. The molecule has 2 aromatic heterocycles. The van der Waals surface area contributed by atoms with Crippen LogP contribution in [0.25, 0.3) is 45.1 Å². The number of hydrogen-bond donors (Lipinski definition) is 1. The summed E-state index contributed by atoms with van der Waals surface area (Å²) in [4.78, 5) is 4.52. The van der Waals surface area contributed by atoms with E-state index in [0.717, 1.165) is 25.3 Å². The van der Waals surface area contributed by atoms with Crippen LogP contribution in [-0.2, 0) is 24.2 Å². The Morgan fingerprint density at radius 1 is 1.00 bits per heavy atom. The minimum atomic E-state index is -4.65. The van der Waals surface area contributed by atoms with Gasteiger partial charge in [-0.25, -0.2) is 9.37 Å². The fourth-order valence-electron chi connectivity index (χ4n) is 5.93. The molecule has 6 rings (SSSR count). The average molecular weight is 666 g/mol. The van der Waals surface area contributed by atoms with Crippen LogP contribution in [0.1, 0.15) is 51.2 Å². The van der Waals surface area contributed by atoms with Crippen molar-refractivity contribution in [3.8, 4) is 34.0 Å². The van der Waals surface area contributed by atoms with Crippen LogP contribution in [0.15, 0.2) is 65.3 Å². The zero-order chi connectivity index (χ0) is 33.7. The molecule has 0 radical (unpaired) electrons. The lowest BCUT2D eigenvalue weighted by molar-refractivity contribution is -0.136. The monoisotopic (exact) mass is 665 g/mol. The normalized spacial score (nSPS) is 17.6. The van der Waals surface area contributed by atoms with E-state index in [0.29, 0.717) is 33.6 Å². The molecule has 1 aliphatic carbocycles. The summed E-state index contributed by atoms with van der Waals surface area (Å²) in [7, 11) is -0.243. The third-order valence-corrected chi connectivity index (χ3v) is 14.0. The van der Waals surface area contributed by atoms with Gasteiger partial charge in [-0.2, -0.15) is 13.2 Å². The van der Waals surface area contributed by atoms with Gasteiger partial charge in [-0.15, -0.1) is 10.2 Å². The summed E-state index contributed by atoms with van der Waals surface area (Å²) in [5.41, 5.74) is 1.78. The highest BCUT2D eigenvalue weighted by Crippen LogP contribution is 2.41. The molecule has 0 amide bonds. The van der Waals surface area contributed by atoms with E-state index in [4.69, 9.17) is 8.84 Å². The molecule has 248 valence electrons. The fourth-order valence-corrected chi connectivity index (χ4v) is 7.32. The first-order valence-corrected chi connectivity index (χ1v) is 18.7. The van der Waals surface area contributed by atoms with Crippen LogP contribution in [0, 0.1) is 5.82 Å². The molecule has 2 atom stereocenters. The van der Waals surface area contributed by atoms with Crippen LogP contribution >= 0.6 is 0 Å². The summed E-state index contributed by atoms with van der Waals surface area (Å²) < 4.78 is 71.6. The van der Waals surface area contributed by atoms with Gasteiger partial charge in [0.2, 0.25) is 5.89 Å². The summed E-state index contributed by atoms with van der Waals surface area (Å²) in [6, 6.07) is 14.3. The molecule has 7 nitrogen and oxygen atoms in total. The molecule has 47 heavy (non-hydrogen) atoms. The van der Waals surface area contributed by atoms with E-state index < -0.39 is 25.9 Å². The number of benzene rings is 3. The van der Waals surface area contributed by atoms with Crippen molar-refractivity contribution in [2.24, 2.45) is 7.05 Å². The first-order chi connectivity index (χ1) is 22.1. The Labute approximate surface area is 272 Å². The van der Waals surface area contributed by atoms with E-state index in [-0.39, 0.29) is 40.7 Å². The molecule has 2 heterocycles. The number of nitrogens with zero attached hydrogens (tertiary/aromatic N) is 4. The number of hydrogen-bond acceptors (Lipinski definition) is 6. The van der Waals surface area contributed by atoms with Crippen molar-refractivity contribution in [3.63, 3.8) is 0 Å². The first kappa shape index (κ1) is 33.0. The molecule has 1 fully saturated rings. The molecular formula is C35H39F4N5O2Si. The number of aromatic nitrogens is 4. The van der Waals surface area contributed by atoms with Crippen LogP contribution in [-0.4, -0.2) is 40.2 Å². The van der Waals surface area contributed by atoms with Crippen molar-refractivity contribution in [1.82, 2.24) is 25.1 Å². The third kappa shape index (κ3) is 6.77. The van der Waals surface area contributed by atoms with E-state index >= 15 is 0 Å². The Bertz CT molecular complexity index is 1910. The van der Waals surface area contributed by atoms with Crippen molar-refractivity contribution in [2.45, 2.75) is 83.0 Å². The average Bonchev–Trinajstić information content (AvgIpc) is 3.74. The van der Waals surface area contributed by atoms with Gasteiger partial charge in [-0.1, -0.05) is 39.0 Å². The maximum atomic E-state index is 14.4. The van der Waals surface area contributed by atoms with Gasteiger partial charge in [0.25, 0.3) is 0 Å². The Hall–Kier alpha value is -3.87. The predicted octanol–water partition coefficient (Wildman–Crippen LogP) is 9.15. The SMILES string of the molecule is Cn1cnnc1-c1cc(F)ccc1-c1cccc(-c2nc3cc(CN[C@@H]4CCC[C@@H]4O[Si](C)(C)C(C)(C)C)cc(C(F)(F)F)c3o2)c1.